The molecule has 3 rings (SSSR count). The van der Waals surface area contributed by atoms with Gasteiger partial charge in [0.15, 0.2) is 5.96 Å². The summed E-state index contributed by atoms with van der Waals surface area (Å²) >= 11 is 0. The van der Waals surface area contributed by atoms with Crippen LogP contribution in [0.15, 0.2) is 41.5 Å². The van der Waals surface area contributed by atoms with E-state index in [-0.39, 0.29) is 5.41 Å². The highest BCUT2D eigenvalue weighted by molar-refractivity contribution is 5.79. The van der Waals surface area contributed by atoms with E-state index >= 15 is 0 Å². The minimum absolute atomic E-state index is 0.146. The third kappa shape index (κ3) is 4.86. The molecule has 0 radical (unpaired) electrons. The molecule has 2 N–H and O–H groups in total. The fourth-order valence-electron chi connectivity index (χ4n) is 4.05. The Kier molecular flexibility index (Phi) is 6.95. The van der Waals surface area contributed by atoms with Crippen molar-refractivity contribution in [2.45, 2.75) is 51.0 Å². The molecular weight excluding hydrogens is 350 g/mol. The van der Waals surface area contributed by atoms with Crippen LogP contribution in [0.1, 0.15) is 50.3 Å². The first-order chi connectivity index (χ1) is 13.7. The Morgan fingerprint density at radius 2 is 1.89 bits per heavy atom. The first kappa shape index (κ1) is 20.2. The summed E-state index contributed by atoms with van der Waals surface area (Å²) in [6.07, 6.45) is 8.09. The summed E-state index contributed by atoms with van der Waals surface area (Å²) in [5, 5.41) is 11.2. The van der Waals surface area contributed by atoms with Crippen molar-refractivity contribution in [2.75, 3.05) is 20.2 Å². The highest BCUT2D eigenvalue weighted by Crippen LogP contribution is 2.39. The molecule has 0 atom stereocenters. The Balaban J connectivity index is 1.74. The average molecular weight is 384 g/mol. The Labute approximate surface area is 168 Å². The topological polar surface area (TPSA) is 63.5 Å². The summed E-state index contributed by atoms with van der Waals surface area (Å²) in [6, 6.07) is 10.6. The largest absolute Gasteiger partial charge is 0.497 e. The molecule has 1 saturated carbocycles. The molecule has 0 spiro atoms. The zero-order chi connectivity index (χ0) is 19.8. The molecule has 152 valence electrons. The maximum atomic E-state index is 5.34. The van der Waals surface area contributed by atoms with Gasteiger partial charge in [0.1, 0.15) is 5.75 Å². The van der Waals surface area contributed by atoms with Crippen LogP contribution in [0.25, 0.3) is 0 Å². The molecule has 1 aromatic carbocycles. The van der Waals surface area contributed by atoms with Gasteiger partial charge in [0.2, 0.25) is 0 Å². The molecule has 0 bridgehead atoms. The molecule has 0 amide bonds. The van der Waals surface area contributed by atoms with E-state index < -0.39 is 0 Å². The van der Waals surface area contributed by atoms with Crippen molar-refractivity contribution in [1.29, 1.82) is 0 Å². The van der Waals surface area contributed by atoms with Gasteiger partial charge in [-0.05, 0) is 43.5 Å². The standard InChI is InChI=1S/C22H33N5O/c1-4-23-21(24-16-19-12-15-26-27(19)2)25-17-22(13-6-5-7-14-22)18-8-10-20(28-3)11-9-18/h8-12,15H,4-7,13-14,16-17H2,1-3H3,(H2,23,24,25). The SMILES string of the molecule is CCNC(=NCc1ccnn1C)NCC1(c2ccc(OC)cc2)CCCCC1. The number of ether oxygens (including phenoxy) is 1. The van der Waals surface area contributed by atoms with Gasteiger partial charge in [0, 0.05) is 31.7 Å². The number of guanidine groups is 1. The summed E-state index contributed by atoms with van der Waals surface area (Å²) in [7, 11) is 3.67. The number of hydrogen-bond acceptors (Lipinski definition) is 3. The van der Waals surface area contributed by atoms with Crippen LogP contribution in [-0.4, -0.2) is 35.9 Å². The van der Waals surface area contributed by atoms with Crippen LogP contribution >= 0.6 is 0 Å². The second-order valence-corrected chi connectivity index (χ2v) is 7.56. The zero-order valence-electron chi connectivity index (χ0n) is 17.4. The highest BCUT2D eigenvalue weighted by Gasteiger charge is 2.34. The van der Waals surface area contributed by atoms with E-state index in [0.717, 1.165) is 30.5 Å². The quantitative estimate of drug-likeness (QED) is 0.568. The number of nitrogens with zero attached hydrogens (tertiary/aromatic N) is 3. The first-order valence-electron chi connectivity index (χ1n) is 10.3. The third-order valence-electron chi connectivity index (χ3n) is 5.77. The van der Waals surface area contributed by atoms with Crippen molar-refractivity contribution in [2.24, 2.45) is 12.0 Å². The predicted octanol–water partition coefficient (Wildman–Crippen LogP) is 3.39. The minimum atomic E-state index is 0.146. The van der Waals surface area contributed by atoms with Gasteiger partial charge in [0.05, 0.1) is 19.3 Å². The summed E-state index contributed by atoms with van der Waals surface area (Å²) in [5.41, 5.74) is 2.63. The number of hydrogen-bond donors (Lipinski definition) is 2. The molecule has 0 aliphatic heterocycles. The number of aliphatic imine (C=N–C) groups is 1. The van der Waals surface area contributed by atoms with E-state index in [1.165, 1.54) is 37.7 Å². The fourth-order valence-corrected chi connectivity index (χ4v) is 4.05. The van der Waals surface area contributed by atoms with Crippen LogP contribution in [0.5, 0.6) is 5.75 Å². The molecule has 0 unspecified atom stereocenters. The van der Waals surface area contributed by atoms with Crippen LogP contribution in [-0.2, 0) is 19.0 Å². The first-order valence-corrected chi connectivity index (χ1v) is 10.3. The average Bonchev–Trinajstić information content (AvgIpc) is 3.15. The Bertz CT molecular complexity index is 759. The summed E-state index contributed by atoms with van der Waals surface area (Å²) in [6.45, 7) is 4.44. The van der Waals surface area contributed by atoms with Gasteiger partial charge in [-0.2, -0.15) is 5.10 Å². The lowest BCUT2D eigenvalue weighted by atomic mass is 9.69. The molecule has 1 fully saturated rings. The second-order valence-electron chi connectivity index (χ2n) is 7.56. The highest BCUT2D eigenvalue weighted by atomic mass is 16.5. The Morgan fingerprint density at radius 1 is 1.14 bits per heavy atom. The van der Waals surface area contributed by atoms with Crippen molar-refractivity contribution in [3.63, 3.8) is 0 Å². The Morgan fingerprint density at radius 3 is 2.50 bits per heavy atom. The number of aromatic nitrogens is 2. The van der Waals surface area contributed by atoms with E-state index in [2.05, 4.69) is 46.9 Å². The van der Waals surface area contributed by atoms with E-state index in [4.69, 9.17) is 9.73 Å². The van der Waals surface area contributed by atoms with Crippen LogP contribution in [0.3, 0.4) is 0 Å². The molecule has 6 heteroatoms. The van der Waals surface area contributed by atoms with E-state index in [0.29, 0.717) is 6.54 Å². The monoisotopic (exact) mass is 383 g/mol. The van der Waals surface area contributed by atoms with E-state index in [1.807, 2.05) is 24.0 Å². The minimum Gasteiger partial charge on any atom is -0.497 e. The van der Waals surface area contributed by atoms with Crippen LogP contribution in [0.4, 0.5) is 0 Å². The van der Waals surface area contributed by atoms with E-state index in [9.17, 15) is 0 Å². The lowest BCUT2D eigenvalue weighted by Gasteiger charge is -2.38. The van der Waals surface area contributed by atoms with Crippen molar-refractivity contribution < 1.29 is 4.74 Å². The van der Waals surface area contributed by atoms with Crippen molar-refractivity contribution in [3.05, 3.63) is 47.8 Å². The fraction of sp³-hybridized carbons (Fsp3) is 0.545. The van der Waals surface area contributed by atoms with E-state index in [1.54, 1.807) is 7.11 Å². The molecule has 1 aliphatic rings. The van der Waals surface area contributed by atoms with Crippen molar-refractivity contribution in [3.8, 4) is 5.75 Å². The normalized spacial score (nSPS) is 16.6. The molecule has 2 aromatic rings. The maximum absolute atomic E-state index is 5.34. The summed E-state index contributed by atoms with van der Waals surface area (Å²) in [4.78, 5) is 4.77. The van der Waals surface area contributed by atoms with Gasteiger partial charge in [-0.1, -0.05) is 31.4 Å². The molecule has 1 heterocycles. The summed E-state index contributed by atoms with van der Waals surface area (Å²) < 4.78 is 7.21. The summed E-state index contributed by atoms with van der Waals surface area (Å²) in [5.74, 6) is 1.77. The Hall–Kier alpha value is -2.50. The molecule has 0 saturated heterocycles. The van der Waals surface area contributed by atoms with Gasteiger partial charge in [-0.15, -0.1) is 0 Å². The maximum Gasteiger partial charge on any atom is 0.191 e. The zero-order valence-corrected chi connectivity index (χ0v) is 17.4. The molecule has 1 aliphatic carbocycles. The number of benzene rings is 1. The number of aryl methyl sites for hydroxylation is 1. The number of nitrogens with one attached hydrogen (secondary N) is 2. The smallest absolute Gasteiger partial charge is 0.191 e. The van der Waals surface area contributed by atoms with Gasteiger partial charge in [-0.25, -0.2) is 4.99 Å². The molecule has 6 nitrogen and oxygen atoms in total. The van der Waals surface area contributed by atoms with Crippen molar-refractivity contribution in [1.82, 2.24) is 20.4 Å². The van der Waals surface area contributed by atoms with Gasteiger partial charge < -0.3 is 15.4 Å². The van der Waals surface area contributed by atoms with Crippen LogP contribution in [0.2, 0.25) is 0 Å². The van der Waals surface area contributed by atoms with Crippen LogP contribution in [0, 0.1) is 0 Å². The van der Waals surface area contributed by atoms with Gasteiger partial charge in [-0.3, -0.25) is 4.68 Å². The molecule has 1 aromatic heterocycles. The number of methoxy groups -OCH3 is 1. The lowest BCUT2D eigenvalue weighted by Crippen LogP contribution is -2.46. The number of rotatable bonds is 7. The lowest BCUT2D eigenvalue weighted by molar-refractivity contribution is 0.291. The second kappa shape index (κ2) is 9.62. The third-order valence-corrected chi connectivity index (χ3v) is 5.77. The predicted molar refractivity (Wildman–Crippen MR) is 114 cm³/mol. The van der Waals surface area contributed by atoms with Crippen molar-refractivity contribution >= 4 is 5.96 Å². The molecular formula is C22H33N5O. The van der Waals surface area contributed by atoms with Gasteiger partial charge in [0.25, 0.3) is 0 Å². The van der Waals surface area contributed by atoms with Crippen LogP contribution < -0.4 is 15.4 Å². The molecule has 28 heavy (non-hydrogen) atoms. The van der Waals surface area contributed by atoms with Gasteiger partial charge >= 0.3 is 0 Å².